The fourth-order valence-corrected chi connectivity index (χ4v) is 1.48. The molecule has 0 bridgehead atoms. The summed E-state index contributed by atoms with van der Waals surface area (Å²) >= 11 is 5.73. The number of halogens is 1. The molecule has 1 aromatic heterocycles. The van der Waals surface area contributed by atoms with Gasteiger partial charge < -0.3 is 20.5 Å². The molecule has 0 saturated carbocycles. The van der Waals surface area contributed by atoms with E-state index in [4.69, 9.17) is 26.8 Å². The van der Waals surface area contributed by atoms with Crippen LogP contribution in [-0.2, 0) is 4.74 Å². The van der Waals surface area contributed by atoms with E-state index in [2.05, 4.69) is 10.3 Å². The molecule has 0 saturated heterocycles. The highest BCUT2D eigenvalue weighted by Crippen LogP contribution is 2.21. The number of amides is 1. The number of pyridine rings is 1. The number of nitrogen functional groups attached to an aromatic ring is 1. The first-order valence-electron chi connectivity index (χ1n) is 6.20. The molecule has 0 aliphatic heterocycles. The van der Waals surface area contributed by atoms with E-state index in [1.807, 2.05) is 20.8 Å². The fraction of sp³-hybridized carbons (Fsp3) is 0.538. The smallest absolute Gasteiger partial charge is 0.407 e. The van der Waals surface area contributed by atoms with Gasteiger partial charge in [0.2, 0.25) is 5.88 Å². The van der Waals surface area contributed by atoms with Gasteiger partial charge in [0.15, 0.2) is 0 Å². The Morgan fingerprint density at radius 2 is 2.20 bits per heavy atom. The number of nitrogens with one attached hydrogen (secondary N) is 1. The van der Waals surface area contributed by atoms with Crippen molar-refractivity contribution in [3.8, 4) is 5.88 Å². The lowest BCUT2D eigenvalue weighted by Crippen LogP contribution is -2.42. The predicted octanol–water partition coefficient (Wildman–Crippen LogP) is 2.61. The lowest BCUT2D eigenvalue weighted by molar-refractivity contribution is 0.0696. The molecular formula is C13H20ClN3O3. The average Bonchev–Trinajstić information content (AvgIpc) is 2.24. The second-order valence-corrected chi connectivity index (χ2v) is 5.89. The van der Waals surface area contributed by atoms with Crippen LogP contribution in [0.25, 0.3) is 0 Å². The van der Waals surface area contributed by atoms with Crippen LogP contribution in [0.3, 0.4) is 0 Å². The summed E-state index contributed by atoms with van der Waals surface area (Å²) in [7, 11) is 0. The molecule has 0 spiro atoms. The Morgan fingerprint density at radius 3 is 2.75 bits per heavy atom. The largest absolute Gasteiger partial charge is 0.472 e. The molecule has 1 rings (SSSR count). The van der Waals surface area contributed by atoms with Crippen molar-refractivity contribution in [2.45, 2.75) is 39.3 Å². The highest BCUT2D eigenvalue weighted by atomic mass is 35.5. The second-order valence-electron chi connectivity index (χ2n) is 5.45. The third-order valence-electron chi connectivity index (χ3n) is 2.09. The Labute approximate surface area is 123 Å². The Morgan fingerprint density at radius 1 is 1.55 bits per heavy atom. The molecule has 112 valence electrons. The van der Waals surface area contributed by atoms with E-state index < -0.39 is 12.2 Å². The summed E-state index contributed by atoms with van der Waals surface area (Å²) in [5.74, 6) is 0.265. The van der Waals surface area contributed by atoms with Crippen molar-refractivity contribution in [1.29, 1.82) is 0 Å². The molecule has 0 radical (unpaired) electrons. The topological polar surface area (TPSA) is 86.5 Å². The number of ether oxygens (including phenoxy) is 2. The number of aromatic nitrogens is 1. The van der Waals surface area contributed by atoms with Gasteiger partial charge in [-0.15, -0.1) is 0 Å². The molecule has 0 unspecified atom stereocenters. The molecular weight excluding hydrogens is 282 g/mol. The molecule has 0 fully saturated rings. The molecule has 7 heteroatoms. The van der Waals surface area contributed by atoms with Gasteiger partial charge in [-0.3, -0.25) is 0 Å². The standard InChI is InChI=1S/C13H20ClN3O3/c1-8(20-12(18)17-13(2,3)4)7-19-11-10(15)5-9(14)6-16-11/h5-6,8H,7,15H2,1-4H3,(H,17,18)/t8-/m0/s1. The van der Waals surface area contributed by atoms with E-state index in [1.54, 1.807) is 13.0 Å². The number of hydrogen-bond acceptors (Lipinski definition) is 5. The molecule has 6 nitrogen and oxygen atoms in total. The van der Waals surface area contributed by atoms with Gasteiger partial charge in [0.25, 0.3) is 0 Å². The van der Waals surface area contributed by atoms with Crippen LogP contribution < -0.4 is 15.8 Å². The van der Waals surface area contributed by atoms with Crippen molar-refractivity contribution in [3.05, 3.63) is 17.3 Å². The zero-order valence-corrected chi connectivity index (χ0v) is 12.8. The number of nitrogens with two attached hydrogens (primary N) is 1. The molecule has 20 heavy (non-hydrogen) atoms. The van der Waals surface area contributed by atoms with Crippen molar-refractivity contribution in [3.63, 3.8) is 0 Å². The van der Waals surface area contributed by atoms with E-state index in [-0.39, 0.29) is 18.0 Å². The zero-order valence-electron chi connectivity index (χ0n) is 12.1. The number of hydrogen-bond donors (Lipinski definition) is 2. The first kappa shape index (κ1) is 16.4. The van der Waals surface area contributed by atoms with Crippen molar-refractivity contribution >= 4 is 23.4 Å². The van der Waals surface area contributed by atoms with Gasteiger partial charge in [0, 0.05) is 11.7 Å². The fourth-order valence-electron chi connectivity index (χ4n) is 1.31. The monoisotopic (exact) mass is 301 g/mol. The SMILES string of the molecule is C[C@@H](COc1ncc(Cl)cc1N)OC(=O)NC(C)(C)C. The summed E-state index contributed by atoms with van der Waals surface area (Å²) in [6.45, 7) is 7.47. The molecule has 0 aromatic carbocycles. The molecule has 3 N–H and O–H groups in total. The van der Waals surface area contributed by atoms with Crippen LogP contribution >= 0.6 is 11.6 Å². The Hall–Kier alpha value is -1.69. The maximum atomic E-state index is 11.5. The number of rotatable bonds is 4. The molecule has 0 aliphatic carbocycles. The number of nitrogens with zero attached hydrogens (tertiary/aromatic N) is 1. The van der Waals surface area contributed by atoms with Gasteiger partial charge in [-0.1, -0.05) is 11.6 Å². The third kappa shape index (κ3) is 5.97. The molecule has 1 atom stereocenters. The van der Waals surface area contributed by atoms with Gasteiger partial charge in [0.1, 0.15) is 12.7 Å². The lowest BCUT2D eigenvalue weighted by atomic mass is 10.1. The highest BCUT2D eigenvalue weighted by molar-refractivity contribution is 6.30. The van der Waals surface area contributed by atoms with Crippen LogP contribution in [-0.4, -0.2) is 29.3 Å². The highest BCUT2D eigenvalue weighted by Gasteiger charge is 2.17. The number of anilines is 1. The van der Waals surface area contributed by atoms with E-state index in [0.717, 1.165) is 0 Å². The van der Waals surface area contributed by atoms with Crippen LogP contribution in [0.1, 0.15) is 27.7 Å². The number of carbonyl (C=O) groups is 1. The molecule has 0 aliphatic rings. The maximum absolute atomic E-state index is 11.5. The minimum absolute atomic E-state index is 0.149. The summed E-state index contributed by atoms with van der Waals surface area (Å²) in [6, 6.07) is 1.54. The Balaban J connectivity index is 2.43. The lowest BCUT2D eigenvalue weighted by Gasteiger charge is -2.22. The van der Waals surface area contributed by atoms with E-state index in [1.165, 1.54) is 6.20 Å². The van der Waals surface area contributed by atoms with Gasteiger partial charge in [-0.25, -0.2) is 9.78 Å². The van der Waals surface area contributed by atoms with Gasteiger partial charge in [0.05, 0.1) is 10.7 Å². The number of carbonyl (C=O) groups excluding carboxylic acids is 1. The van der Waals surface area contributed by atoms with E-state index >= 15 is 0 Å². The van der Waals surface area contributed by atoms with Crippen LogP contribution in [0.4, 0.5) is 10.5 Å². The molecule has 1 aromatic rings. The van der Waals surface area contributed by atoms with Crippen LogP contribution in [0.5, 0.6) is 5.88 Å². The summed E-state index contributed by atoms with van der Waals surface area (Å²) in [5, 5.41) is 3.13. The normalized spacial score (nSPS) is 12.7. The summed E-state index contributed by atoms with van der Waals surface area (Å²) in [6.07, 6.45) is 0.505. The zero-order chi connectivity index (χ0) is 15.3. The van der Waals surface area contributed by atoms with Gasteiger partial charge in [-0.2, -0.15) is 0 Å². The second kappa shape index (κ2) is 6.65. The van der Waals surface area contributed by atoms with Crippen LogP contribution in [0, 0.1) is 0 Å². The Kier molecular flexibility index (Phi) is 5.44. The minimum atomic E-state index is -0.495. The third-order valence-corrected chi connectivity index (χ3v) is 2.29. The van der Waals surface area contributed by atoms with Crippen molar-refractivity contribution in [1.82, 2.24) is 10.3 Å². The van der Waals surface area contributed by atoms with Crippen LogP contribution in [0.2, 0.25) is 5.02 Å². The van der Waals surface area contributed by atoms with E-state index in [9.17, 15) is 4.79 Å². The van der Waals surface area contributed by atoms with Crippen molar-refractivity contribution in [2.24, 2.45) is 0 Å². The predicted molar refractivity (Wildman–Crippen MR) is 78.0 cm³/mol. The van der Waals surface area contributed by atoms with Crippen molar-refractivity contribution in [2.75, 3.05) is 12.3 Å². The Bertz CT molecular complexity index is 474. The van der Waals surface area contributed by atoms with Gasteiger partial charge >= 0.3 is 6.09 Å². The summed E-state index contributed by atoms with van der Waals surface area (Å²) in [4.78, 5) is 15.5. The summed E-state index contributed by atoms with van der Waals surface area (Å²) in [5.41, 5.74) is 5.69. The quantitative estimate of drug-likeness (QED) is 0.892. The first-order chi connectivity index (χ1) is 9.17. The van der Waals surface area contributed by atoms with E-state index in [0.29, 0.717) is 10.7 Å². The average molecular weight is 302 g/mol. The van der Waals surface area contributed by atoms with Gasteiger partial charge in [-0.05, 0) is 33.8 Å². The van der Waals surface area contributed by atoms with Crippen LogP contribution in [0.15, 0.2) is 12.3 Å². The van der Waals surface area contributed by atoms with Crippen molar-refractivity contribution < 1.29 is 14.3 Å². The minimum Gasteiger partial charge on any atom is -0.472 e. The summed E-state index contributed by atoms with van der Waals surface area (Å²) < 4.78 is 10.5. The molecule has 1 amide bonds. The number of alkyl carbamates (subject to hydrolysis) is 1. The molecule has 1 heterocycles. The maximum Gasteiger partial charge on any atom is 0.407 e. The first-order valence-corrected chi connectivity index (χ1v) is 6.58.